The Bertz CT molecular complexity index is 675. The van der Waals surface area contributed by atoms with E-state index >= 15 is 0 Å². The molecule has 0 heterocycles. The highest BCUT2D eigenvalue weighted by molar-refractivity contribution is 5.97. The van der Waals surface area contributed by atoms with E-state index in [-0.39, 0.29) is 6.61 Å². The topological polar surface area (TPSA) is 125 Å². The molecule has 1 aromatic carbocycles. The molecule has 0 spiro atoms. The fourth-order valence-electron chi connectivity index (χ4n) is 2.76. The molecule has 8 heteroatoms. The van der Waals surface area contributed by atoms with E-state index in [1.807, 2.05) is 30.3 Å². The second-order valence-corrected chi connectivity index (χ2v) is 8.21. The smallest absolute Gasteiger partial charge is 0.417 e. The van der Waals surface area contributed by atoms with E-state index in [4.69, 9.17) is 20.9 Å². The van der Waals surface area contributed by atoms with Gasteiger partial charge >= 0.3 is 6.09 Å². The number of rotatable bonds is 11. The van der Waals surface area contributed by atoms with E-state index in [1.54, 1.807) is 27.7 Å². The standard InChI is InChI=1S/C22H35N3O5/c1-16(29-15-17-10-6-5-7-11-17)19(14-26)25(21(28)30-22(2,3)4)20(27)18(24)12-8-9-13-23/h5-7,10-11,14,16,18-19H,8-9,12-13,15,23-24H2,1-4H3/t16-,18+,19-/m1/s1. The van der Waals surface area contributed by atoms with Gasteiger partial charge in [0.15, 0.2) is 0 Å². The molecule has 0 aliphatic carbocycles. The highest BCUT2D eigenvalue weighted by atomic mass is 16.6. The van der Waals surface area contributed by atoms with E-state index in [1.165, 1.54) is 0 Å². The van der Waals surface area contributed by atoms with Crippen LogP contribution in [-0.2, 0) is 25.7 Å². The summed E-state index contributed by atoms with van der Waals surface area (Å²) in [4.78, 5) is 38.5. The van der Waals surface area contributed by atoms with E-state index in [0.717, 1.165) is 10.5 Å². The second kappa shape index (κ2) is 12.4. The van der Waals surface area contributed by atoms with Gasteiger partial charge in [-0.25, -0.2) is 9.69 Å². The minimum Gasteiger partial charge on any atom is -0.443 e. The maximum absolute atomic E-state index is 13.0. The Morgan fingerprint density at radius 2 is 1.80 bits per heavy atom. The molecule has 3 atom stereocenters. The number of unbranched alkanes of at least 4 members (excludes halogenated alkanes) is 1. The minimum atomic E-state index is -1.17. The van der Waals surface area contributed by atoms with Crippen molar-refractivity contribution >= 4 is 18.3 Å². The van der Waals surface area contributed by atoms with Crippen LogP contribution in [0, 0.1) is 0 Å². The van der Waals surface area contributed by atoms with Gasteiger partial charge in [0.2, 0.25) is 5.91 Å². The van der Waals surface area contributed by atoms with Crippen LogP contribution in [-0.4, -0.2) is 53.5 Å². The molecular formula is C22H35N3O5. The van der Waals surface area contributed by atoms with Crippen LogP contribution in [0.2, 0.25) is 0 Å². The number of nitrogens with two attached hydrogens (primary N) is 2. The summed E-state index contributed by atoms with van der Waals surface area (Å²) in [5.41, 5.74) is 11.6. The van der Waals surface area contributed by atoms with Crippen molar-refractivity contribution in [3.05, 3.63) is 35.9 Å². The average Bonchev–Trinajstić information content (AvgIpc) is 2.69. The number of hydrogen-bond acceptors (Lipinski definition) is 7. The van der Waals surface area contributed by atoms with Crippen LogP contribution in [0.4, 0.5) is 4.79 Å². The second-order valence-electron chi connectivity index (χ2n) is 8.21. The maximum atomic E-state index is 13.0. The Kier molecular flexibility index (Phi) is 10.7. The van der Waals surface area contributed by atoms with E-state index in [0.29, 0.717) is 32.1 Å². The summed E-state index contributed by atoms with van der Waals surface area (Å²) in [5.74, 6) is -0.673. The zero-order chi connectivity index (χ0) is 22.7. The summed E-state index contributed by atoms with van der Waals surface area (Å²) in [6, 6.07) is 7.27. The first-order chi connectivity index (χ1) is 14.1. The molecule has 8 nitrogen and oxygen atoms in total. The van der Waals surface area contributed by atoms with E-state index in [9.17, 15) is 14.4 Å². The third-order valence-electron chi connectivity index (χ3n) is 4.39. The molecule has 1 aromatic rings. The molecule has 0 aliphatic heterocycles. The summed E-state index contributed by atoms with van der Waals surface area (Å²) in [6.07, 6.45) is 0.535. The van der Waals surface area contributed by atoms with E-state index < -0.39 is 35.8 Å². The van der Waals surface area contributed by atoms with Crippen LogP contribution in [0.1, 0.15) is 52.5 Å². The van der Waals surface area contributed by atoms with Crippen molar-refractivity contribution < 1.29 is 23.9 Å². The van der Waals surface area contributed by atoms with Crippen molar-refractivity contribution in [3.63, 3.8) is 0 Å². The van der Waals surface area contributed by atoms with Gasteiger partial charge in [-0.1, -0.05) is 36.8 Å². The Morgan fingerprint density at radius 1 is 1.17 bits per heavy atom. The molecule has 0 radical (unpaired) electrons. The average molecular weight is 422 g/mol. The third kappa shape index (κ3) is 8.61. The van der Waals surface area contributed by atoms with Gasteiger partial charge in [0.05, 0.1) is 18.8 Å². The predicted molar refractivity (Wildman–Crippen MR) is 115 cm³/mol. The van der Waals surface area contributed by atoms with Crippen molar-refractivity contribution in [1.29, 1.82) is 0 Å². The van der Waals surface area contributed by atoms with Gasteiger partial charge in [0.25, 0.3) is 0 Å². The van der Waals surface area contributed by atoms with Crippen LogP contribution in [0.3, 0.4) is 0 Å². The summed E-state index contributed by atoms with van der Waals surface area (Å²) in [6.45, 7) is 7.38. The number of benzene rings is 1. The fourth-order valence-corrected chi connectivity index (χ4v) is 2.76. The number of imide groups is 1. The number of nitrogens with zero attached hydrogens (tertiary/aromatic N) is 1. The van der Waals surface area contributed by atoms with Crippen LogP contribution in [0.15, 0.2) is 30.3 Å². The molecule has 0 aliphatic rings. The molecule has 2 amide bonds. The molecule has 0 saturated heterocycles. The van der Waals surface area contributed by atoms with Gasteiger partial charge < -0.3 is 25.7 Å². The molecule has 30 heavy (non-hydrogen) atoms. The number of carbonyl (C=O) groups excluding carboxylic acids is 3. The van der Waals surface area contributed by atoms with Gasteiger partial charge in [-0.3, -0.25) is 4.79 Å². The lowest BCUT2D eigenvalue weighted by atomic mass is 10.1. The van der Waals surface area contributed by atoms with Gasteiger partial charge in [-0.15, -0.1) is 0 Å². The Hall–Kier alpha value is -2.29. The van der Waals surface area contributed by atoms with Crippen LogP contribution >= 0.6 is 0 Å². The highest BCUT2D eigenvalue weighted by Crippen LogP contribution is 2.17. The zero-order valence-corrected chi connectivity index (χ0v) is 18.4. The minimum absolute atomic E-state index is 0.227. The molecule has 0 bridgehead atoms. The summed E-state index contributed by atoms with van der Waals surface area (Å²) >= 11 is 0. The molecule has 1 rings (SSSR count). The van der Waals surface area contributed by atoms with Gasteiger partial charge in [-0.2, -0.15) is 0 Å². The van der Waals surface area contributed by atoms with E-state index in [2.05, 4.69) is 0 Å². The van der Waals surface area contributed by atoms with Crippen molar-refractivity contribution in [2.75, 3.05) is 6.54 Å². The van der Waals surface area contributed by atoms with Gasteiger partial charge in [0.1, 0.15) is 17.9 Å². The lowest BCUT2D eigenvalue weighted by molar-refractivity contribution is -0.141. The third-order valence-corrected chi connectivity index (χ3v) is 4.39. The number of ether oxygens (including phenoxy) is 2. The van der Waals surface area contributed by atoms with Gasteiger partial charge in [0, 0.05) is 0 Å². The first kappa shape index (κ1) is 25.7. The van der Waals surface area contributed by atoms with Crippen molar-refractivity contribution in [1.82, 2.24) is 4.90 Å². The van der Waals surface area contributed by atoms with Crippen LogP contribution < -0.4 is 11.5 Å². The van der Waals surface area contributed by atoms with Crippen LogP contribution in [0.25, 0.3) is 0 Å². The molecule has 0 aromatic heterocycles. The highest BCUT2D eigenvalue weighted by Gasteiger charge is 2.38. The Morgan fingerprint density at radius 3 is 2.33 bits per heavy atom. The Balaban J connectivity index is 3.01. The lowest BCUT2D eigenvalue weighted by Crippen LogP contribution is -2.57. The molecule has 4 N–H and O–H groups in total. The number of amides is 2. The Labute approximate surface area is 178 Å². The first-order valence-corrected chi connectivity index (χ1v) is 10.2. The number of carbonyl (C=O) groups is 3. The van der Waals surface area contributed by atoms with Gasteiger partial charge in [-0.05, 0) is 52.6 Å². The monoisotopic (exact) mass is 421 g/mol. The zero-order valence-electron chi connectivity index (χ0n) is 18.4. The largest absolute Gasteiger partial charge is 0.443 e. The summed E-state index contributed by atoms with van der Waals surface area (Å²) in [7, 11) is 0. The summed E-state index contributed by atoms with van der Waals surface area (Å²) < 4.78 is 11.1. The molecule has 0 saturated carbocycles. The molecule has 168 valence electrons. The SMILES string of the molecule is C[C@@H](OCc1ccccc1)[C@@H](C=O)N(C(=O)OC(C)(C)C)C(=O)[C@@H](N)CCCCN. The molecular weight excluding hydrogens is 386 g/mol. The van der Waals surface area contributed by atoms with Crippen molar-refractivity contribution in [2.45, 2.75) is 77.4 Å². The quantitative estimate of drug-likeness (QED) is 0.415. The first-order valence-electron chi connectivity index (χ1n) is 10.2. The fraction of sp³-hybridized carbons (Fsp3) is 0.591. The van der Waals surface area contributed by atoms with Crippen molar-refractivity contribution in [2.24, 2.45) is 11.5 Å². The number of aldehydes is 1. The lowest BCUT2D eigenvalue weighted by Gasteiger charge is -2.33. The van der Waals surface area contributed by atoms with Crippen molar-refractivity contribution in [3.8, 4) is 0 Å². The maximum Gasteiger partial charge on any atom is 0.417 e. The molecule has 0 fully saturated rings. The van der Waals surface area contributed by atoms with Crippen LogP contribution in [0.5, 0.6) is 0 Å². The predicted octanol–water partition coefficient (Wildman–Crippen LogP) is 2.38. The normalized spacial score (nSPS) is 14.5. The summed E-state index contributed by atoms with van der Waals surface area (Å²) in [5, 5.41) is 0. The molecule has 0 unspecified atom stereocenters. The number of hydrogen-bond donors (Lipinski definition) is 2.